The van der Waals surface area contributed by atoms with Crippen LogP contribution >= 0.6 is 22.9 Å². The van der Waals surface area contributed by atoms with Crippen molar-refractivity contribution in [1.29, 1.82) is 0 Å². The third-order valence-electron chi connectivity index (χ3n) is 0.695. The maximum atomic E-state index is 10.7. The van der Waals surface area contributed by atoms with Crippen LogP contribution in [0.1, 0.15) is 0 Å². The zero-order valence-electron chi connectivity index (χ0n) is 5.78. The molecule has 0 saturated carbocycles. The monoisotopic (exact) mass is 384 g/mol. The summed E-state index contributed by atoms with van der Waals surface area (Å²) in [6, 6.07) is -0.277. The zero-order valence-corrected chi connectivity index (χ0v) is 10.1. The Morgan fingerprint density at radius 1 is 1.55 bits per heavy atom. The Hall–Kier alpha value is 0.200. The number of rotatable bonds is 3. The summed E-state index contributed by atoms with van der Waals surface area (Å²) in [7, 11) is 0. The van der Waals surface area contributed by atoms with Gasteiger partial charge in [0.15, 0.2) is 0 Å². The molecule has 0 aliphatic rings. The third-order valence-corrected chi connectivity index (χ3v) is 2.33. The summed E-state index contributed by atoms with van der Waals surface area (Å²) in [5, 5.41) is 2.39. The Morgan fingerprint density at radius 3 is 2.64 bits per heavy atom. The molecule has 0 aromatic carbocycles. The van der Waals surface area contributed by atoms with Crippen molar-refractivity contribution >= 4 is 34.8 Å². The van der Waals surface area contributed by atoms with E-state index in [1.807, 2.05) is 4.93 Å². The van der Waals surface area contributed by atoms with Crippen LogP contribution in [0.4, 0.5) is 4.79 Å². The maximum absolute atomic E-state index is 10.7. The van der Waals surface area contributed by atoms with Gasteiger partial charge in [0, 0.05) is 0 Å². The zero-order chi connectivity index (χ0) is 8.69. The minimum atomic E-state index is -0.277. The second kappa shape index (κ2) is 6.88. The average molecular weight is 384 g/mol. The van der Waals surface area contributed by atoms with Gasteiger partial charge in [-0.25, -0.2) is 0 Å². The van der Waals surface area contributed by atoms with Gasteiger partial charge in [-0.1, -0.05) is 0 Å². The molecular formula is C4H8I2N3O2-. The standard InChI is InChI=1S/C4H8I2N3O2/c1-6-9-4(11)7-2-3(10)8-5/h2H2,1H3,(H,8,10)(H2,7,9,11)/q-1. The molecule has 0 atom stereocenters. The van der Waals surface area contributed by atoms with E-state index in [1.165, 1.54) is 0 Å². The van der Waals surface area contributed by atoms with Crippen LogP contribution in [0, 0.1) is 0 Å². The first-order valence-corrected chi connectivity index (χ1v) is 6.94. The number of urea groups is 1. The molecule has 0 aromatic rings. The van der Waals surface area contributed by atoms with Crippen LogP contribution in [0.5, 0.6) is 0 Å². The first kappa shape index (κ1) is 11.2. The third kappa shape index (κ3) is 6.59. The van der Waals surface area contributed by atoms with Gasteiger partial charge in [0.2, 0.25) is 0 Å². The summed E-state index contributed by atoms with van der Waals surface area (Å²) in [4.78, 5) is 23.2. The van der Waals surface area contributed by atoms with Crippen molar-refractivity contribution < 1.29 is 31.1 Å². The van der Waals surface area contributed by atoms with E-state index in [0.717, 1.165) is 0 Å². The normalized spacial score (nSPS) is 8.91. The molecule has 7 heteroatoms. The molecule has 66 valence electrons. The van der Waals surface area contributed by atoms with Crippen molar-refractivity contribution in [2.45, 2.75) is 0 Å². The minimum absolute atomic E-state index is 0.0263. The Bertz CT molecular complexity index is 152. The molecule has 0 saturated heterocycles. The van der Waals surface area contributed by atoms with Crippen molar-refractivity contribution in [2.24, 2.45) is 0 Å². The predicted molar refractivity (Wildman–Crippen MR) is 44.6 cm³/mol. The number of alkyl halides is 1. The van der Waals surface area contributed by atoms with Gasteiger partial charge >= 0.3 is 89.7 Å². The molecule has 5 nitrogen and oxygen atoms in total. The molecular weight excluding hydrogens is 376 g/mol. The predicted octanol–water partition coefficient (Wildman–Crippen LogP) is -3.61. The van der Waals surface area contributed by atoms with E-state index >= 15 is 0 Å². The second-order valence-electron chi connectivity index (χ2n) is 1.48. The molecule has 0 fully saturated rings. The summed E-state index contributed by atoms with van der Waals surface area (Å²) in [6.45, 7) is 0.0263. The Balaban J connectivity index is 3.38. The van der Waals surface area contributed by atoms with Crippen LogP contribution in [0.15, 0.2) is 0 Å². The second-order valence-corrected chi connectivity index (χ2v) is 3.64. The molecule has 0 radical (unpaired) electrons. The number of amides is 3. The van der Waals surface area contributed by atoms with Crippen LogP contribution < -0.4 is 33.9 Å². The van der Waals surface area contributed by atoms with Gasteiger partial charge in [-0.15, -0.1) is 0 Å². The number of carbonyl (C=O) groups excluding carboxylic acids is 2. The van der Waals surface area contributed by atoms with Crippen molar-refractivity contribution in [3.63, 3.8) is 0 Å². The van der Waals surface area contributed by atoms with Gasteiger partial charge in [0.1, 0.15) is 0 Å². The van der Waals surface area contributed by atoms with Gasteiger partial charge in [-0.05, 0) is 0 Å². The van der Waals surface area contributed by atoms with Crippen LogP contribution in [0.25, 0.3) is 0 Å². The Morgan fingerprint density at radius 2 is 2.18 bits per heavy atom. The van der Waals surface area contributed by atoms with Gasteiger partial charge in [-0.2, -0.15) is 0 Å². The van der Waals surface area contributed by atoms with Crippen LogP contribution in [-0.2, 0) is 4.79 Å². The fraction of sp³-hybridized carbons (Fsp3) is 0.500. The Labute approximate surface area is 89.2 Å². The molecule has 0 aliphatic carbocycles. The fourth-order valence-corrected chi connectivity index (χ4v) is 1.18. The van der Waals surface area contributed by atoms with Gasteiger partial charge < -0.3 is 0 Å². The van der Waals surface area contributed by atoms with E-state index in [2.05, 4.69) is 12.4 Å². The average Bonchev–Trinajstić information content (AvgIpc) is 2.01. The number of hydrogen-bond donors (Lipinski definition) is 3. The van der Waals surface area contributed by atoms with Crippen LogP contribution in [0.3, 0.4) is 0 Å². The summed E-state index contributed by atoms with van der Waals surface area (Å²) >= 11 is 1.45. The SMILES string of the molecule is C[I-]NC(=O)NCC(=O)NI. The van der Waals surface area contributed by atoms with Gasteiger partial charge in [-0.3, -0.25) is 0 Å². The fourth-order valence-electron chi connectivity index (χ4n) is 0.313. The van der Waals surface area contributed by atoms with E-state index in [1.54, 1.807) is 22.9 Å². The van der Waals surface area contributed by atoms with E-state index in [9.17, 15) is 9.59 Å². The van der Waals surface area contributed by atoms with Crippen molar-refractivity contribution in [1.82, 2.24) is 12.4 Å². The van der Waals surface area contributed by atoms with Crippen LogP contribution in [-0.4, -0.2) is 23.4 Å². The number of nitrogens with one attached hydrogen (secondary N) is 3. The Kier molecular flexibility index (Phi) is 7.01. The molecule has 3 amide bonds. The van der Waals surface area contributed by atoms with Gasteiger partial charge in [0.25, 0.3) is 0 Å². The topological polar surface area (TPSA) is 70.2 Å². The molecule has 3 N–H and O–H groups in total. The molecule has 0 rings (SSSR count). The van der Waals surface area contributed by atoms with E-state index in [-0.39, 0.29) is 40.0 Å². The van der Waals surface area contributed by atoms with E-state index in [0.29, 0.717) is 0 Å². The van der Waals surface area contributed by atoms with Gasteiger partial charge in [0.05, 0.1) is 0 Å². The van der Waals surface area contributed by atoms with E-state index < -0.39 is 0 Å². The van der Waals surface area contributed by atoms with E-state index in [4.69, 9.17) is 0 Å². The molecule has 0 heterocycles. The summed E-state index contributed by atoms with van der Waals surface area (Å²) < 4.78 is 4.96. The molecule has 0 aliphatic heterocycles. The number of hydrogen-bond acceptors (Lipinski definition) is 2. The van der Waals surface area contributed by atoms with Crippen molar-refractivity contribution in [3.05, 3.63) is 0 Å². The summed E-state index contributed by atoms with van der Waals surface area (Å²) in [5.74, 6) is -0.213. The molecule has 0 unspecified atom stereocenters. The first-order valence-electron chi connectivity index (χ1n) is 2.62. The summed E-state index contributed by atoms with van der Waals surface area (Å²) in [5.41, 5.74) is 0. The molecule has 11 heavy (non-hydrogen) atoms. The molecule has 0 bridgehead atoms. The summed E-state index contributed by atoms with van der Waals surface area (Å²) in [6.07, 6.45) is 0. The van der Waals surface area contributed by atoms with Crippen molar-refractivity contribution in [3.8, 4) is 0 Å². The van der Waals surface area contributed by atoms with Crippen LogP contribution in [0.2, 0.25) is 0 Å². The first-order chi connectivity index (χ1) is 5.20. The molecule has 0 spiro atoms. The van der Waals surface area contributed by atoms with Crippen molar-refractivity contribution in [2.75, 3.05) is 11.5 Å². The number of carbonyl (C=O) groups is 2. The number of halogens is 2. The quantitative estimate of drug-likeness (QED) is 0.267. The molecule has 0 aromatic heterocycles.